The van der Waals surface area contributed by atoms with Gasteiger partial charge in [0.2, 0.25) is 5.88 Å². The molecular weight excluding hydrogens is 254 g/mol. The SMILES string of the molecule is COc1cccc(COc2c(N)c(C)nn2C(C)C)c1. The molecule has 0 saturated carbocycles. The molecule has 0 bridgehead atoms. The van der Waals surface area contributed by atoms with Gasteiger partial charge in [0.25, 0.3) is 0 Å². The van der Waals surface area contributed by atoms with Crippen molar-refractivity contribution < 1.29 is 9.47 Å². The van der Waals surface area contributed by atoms with E-state index in [1.54, 1.807) is 7.11 Å². The molecule has 0 amide bonds. The molecule has 1 aromatic carbocycles. The van der Waals surface area contributed by atoms with Crippen LogP contribution in [0.15, 0.2) is 24.3 Å². The zero-order valence-corrected chi connectivity index (χ0v) is 12.4. The summed E-state index contributed by atoms with van der Waals surface area (Å²) in [7, 11) is 1.65. The van der Waals surface area contributed by atoms with Gasteiger partial charge in [-0.05, 0) is 38.5 Å². The van der Waals surface area contributed by atoms with Gasteiger partial charge in [-0.1, -0.05) is 12.1 Å². The van der Waals surface area contributed by atoms with Crippen molar-refractivity contribution in [1.82, 2.24) is 9.78 Å². The number of nitrogen functional groups attached to an aromatic ring is 1. The molecular formula is C15H21N3O2. The number of hydrogen-bond acceptors (Lipinski definition) is 4. The van der Waals surface area contributed by atoms with Gasteiger partial charge in [-0.15, -0.1) is 0 Å². The first-order chi connectivity index (χ1) is 9.52. The zero-order valence-electron chi connectivity index (χ0n) is 12.4. The number of nitrogens with two attached hydrogens (primary N) is 1. The fourth-order valence-electron chi connectivity index (χ4n) is 1.95. The van der Waals surface area contributed by atoms with Gasteiger partial charge in [0.15, 0.2) is 0 Å². The minimum Gasteiger partial charge on any atom is -0.497 e. The van der Waals surface area contributed by atoms with Crippen LogP contribution < -0.4 is 15.2 Å². The average molecular weight is 275 g/mol. The van der Waals surface area contributed by atoms with Crippen LogP contribution in [-0.2, 0) is 6.61 Å². The van der Waals surface area contributed by atoms with Crippen molar-refractivity contribution in [2.45, 2.75) is 33.4 Å². The highest BCUT2D eigenvalue weighted by molar-refractivity contribution is 5.52. The molecule has 2 rings (SSSR count). The first kappa shape index (κ1) is 14.2. The van der Waals surface area contributed by atoms with E-state index in [1.807, 2.05) is 49.7 Å². The van der Waals surface area contributed by atoms with E-state index in [1.165, 1.54) is 0 Å². The number of ether oxygens (including phenoxy) is 2. The molecule has 20 heavy (non-hydrogen) atoms. The van der Waals surface area contributed by atoms with Crippen LogP contribution >= 0.6 is 0 Å². The minimum absolute atomic E-state index is 0.200. The average Bonchev–Trinajstić information content (AvgIpc) is 2.73. The molecule has 0 unspecified atom stereocenters. The second-order valence-electron chi connectivity index (χ2n) is 4.98. The van der Waals surface area contributed by atoms with Crippen LogP contribution in [0.1, 0.15) is 31.1 Å². The number of nitrogens with zero attached hydrogens (tertiary/aromatic N) is 2. The summed E-state index contributed by atoms with van der Waals surface area (Å²) in [5.41, 5.74) is 8.44. The first-order valence-electron chi connectivity index (χ1n) is 6.63. The van der Waals surface area contributed by atoms with E-state index in [2.05, 4.69) is 5.10 Å². The quantitative estimate of drug-likeness (QED) is 0.911. The van der Waals surface area contributed by atoms with Crippen LogP contribution in [0.2, 0.25) is 0 Å². The molecule has 1 aromatic heterocycles. The molecule has 5 heteroatoms. The molecule has 0 radical (unpaired) electrons. The van der Waals surface area contributed by atoms with Gasteiger partial charge in [-0.25, -0.2) is 4.68 Å². The molecule has 5 nitrogen and oxygen atoms in total. The Morgan fingerprint density at radius 2 is 2.10 bits per heavy atom. The lowest BCUT2D eigenvalue weighted by atomic mass is 10.2. The van der Waals surface area contributed by atoms with E-state index in [9.17, 15) is 0 Å². The fourth-order valence-corrected chi connectivity index (χ4v) is 1.95. The number of rotatable bonds is 5. The van der Waals surface area contributed by atoms with Gasteiger partial charge in [0.1, 0.15) is 18.0 Å². The van der Waals surface area contributed by atoms with E-state index in [0.717, 1.165) is 17.0 Å². The molecule has 108 valence electrons. The van der Waals surface area contributed by atoms with Crippen LogP contribution in [0.3, 0.4) is 0 Å². The van der Waals surface area contributed by atoms with Crippen molar-refractivity contribution in [3.05, 3.63) is 35.5 Å². The van der Waals surface area contributed by atoms with Crippen molar-refractivity contribution in [3.8, 4) is 11.6 Å². The highest BCUT2D eigenvalue weighted by Gasteiger charge is 2.16. The third kappa shape index (κ3) is 2.87. The van der Waals surface area contributed by atoms with E-state index in [-0.39, 0.29) is 6.04 Å². The summed E-state index contributed by atoms with van der Waals surface area (Å²) >= 11 is 0. The monoisotopic (exact) mass is 275 g/mol. The van der Waals surface area contributed by atoms with E-state index < -0.39 is 0 Å². The van der Waals surface area contributed by atoms with Gasteiger partial charge in [-0.3, -0.25) is 0 Å². The summed E-state index contributed by atoms with van der Waals surface area (Å²) < 4.78 is 12.9. The first-order valence-corrected chi connectivity index (χ1v) is 6.63. The summed E-state index contributed by atoms with van der Waals surface area (Å²) in [6, 6.07) is 7.97. The second kappa shape index (κ2) is 5.86. The summed E-state index contributed by atoms with van der Waals surface area (Å²) in [6.45, 7) is 6.40. The highest BCUT2D eigenvalue weighted by atomic mass is 16.5. The molecule has 0 aliphatic rings. The van der Waals surface area contributed by atoms with Crippen molar-refractivity contribution in [1.29, 1.82) is 0 Å². The zero-order chi connectivity index (χ0) is 14.7. The topological polar surface area (TPSA) is 62.3 Å². The molecule has 0 aliphatic heterocycles. The highest BCUT2D eigenvalue weighted by Crippen LogP contribution is 2.28. The summed E-state index contributed by atoms with van der Waals surface area (Å²) in [6.07, 6.45) is 0. The number of benzene rings is 1. The number of hydrogen-bond donors (Lipinski definition) is 1. The third-order valence-electron chi connectivity index (χ3n) is 3.08. The Bertz CT molecular complexity index is 591. The fraction of sp³-hybridized carbons (Fsp3) is 0.400. The van der Waals surface area contributed by atoms with Crippen molar-refractivity contribution in [2.24, 2.45) is 0 Å². The number of aryl methyl sites for hydroxylation is 1. The Hall–Kier alpha value is -2.17. The van der Waals surface area contributed by atoms with Crippen LogP contribution in [0.4, 0.5) is 5.69 Å². The van der Waals surface area contributed by atoms with E-state index >= 15 is 0 Å². The van der Waals surface area contributed by atoms with Crippen LogP contribution in [-0.4, -0.2) is 16.9 Å². The lowest BCUT2D eigenvalue weighted by Crippen LogP contribution is -2.08. The molecule has 2 N–H and O–H groups in total. The molecule has 0 aliphatic carbocycles. The Balaban J connectivity index is 2.18. The number of methoxy groups -OCH3 is 1. The Kier molecular flexibility index (Phi) is 4.17. The normalized spacial score (nSPS) is 10.8. The van der Waals surface area contributed by atoms with Gasteiger partial charge >= 0.3 is 0 Å². The van der Waals surface area contributed by atoms with Gasteiger partial charge in [0, 0.05) is 0 Å². The Morgan fingerprint density at radius 1 is 1.35 bits per heavy atom. The summed E-state index contributed by atoms with van der Waals surface area (Å²) in [5, 5.41) is 4.40. The molecule has 0 spiro atoms. The summed E-state index contributed by atoms with van der Waals surface area (Å²) in [5.74, 6) is 1.44. The van der Waals surface area contributed by atoms with Crippen LogP contribution in [0, 0.1) is 6.92 Å². The lowest BCUT2D eigenvalue weighted by molar-refractivity contribution is 0.266. The maximum Gasteiger partial charge on any atom is 0.236 e. The molecule has 1 heterocycles. The molecule has 0 fully saturated rings. The molecule has 2 aromatic rings. The summed E-state index contributed by atoms with van der Waals surface area (Å²) in [4.78, 5) is 0. The minimum atomic E-state index is 0.200. The third-order valence-corrected chi connectivity index (χ3v) is 3.08. The van der Waals surface area contributed by atoms with Crippen LogP contribution in [0.25, 0.3) is 0 Å². The predicted octanol–water partition coefficient (Wildman–Crippen LogP) is 2.94. The van der Waals surface area contributed by atoms with Crippen molar-refractivity contribution in [2.75, 3.05) is 12.8 Å². The lowest BCUT2D eigenvalue weighted by Gasteiger charge is -2.13. The standard InChI is InChI=1S/C15H21N3O2/c1-10(2)18-15(14(16)11(3)17-18)20-9-12-6-5-7-13(8-12)19-4/h5-8,10H,9,16H2,1-4H3. The van der Waals surface area contributed by atoms with Gasteiger partial charge in [0.05, 0.1) is 18.8 Å². The number of aromatic nitrogens is 2. The predicted molar refractivity (Wildman–Crippen MR) is 79.1 cm³/mol. The molecule has 0 atom stereocenters. The largest absolute Gasteiger partial charge is 0.497 e. The van der Waals surface area contributed by atoms with Crippen LogP contribution in [0.5, 0.6) is 11.6 Å². The smallest absolute Gasteiger partial charge is 0.236 e. The maximum absolute atomic E-state index is 6.03. The Morgan fingerprint density at radius 3 is 2.75 bits per heavy atom. The van der Waals surface area contributed by atoms with E-state index in [4.69, 9.17) is 15.2 Å². The van der Waals surface area contributed by atoms with Crippen molar-refractivity contribution in [3.63, 3.8) is 0 Å². The van der Waals surface area contributed by atoms with Gasteiger partial charge < -0.3 is 15.2 Å². The number of anilines is 1. The second-order valence-corrected chi connectivity index (χ2v) is 4.98. The maximum atomic E-state index is 6.03. The van der Waals surface area contributed by atoms with Gasteiger partial charge in [-0.2, -0.15) is 5.10 Å². The van der Waals surface area contributed by atoms with Crippen molar-refractivity contribution >= 4 is 5.69 Å². The van der Waals surface area contributed by atoms with E-state index in [0.29, 0.717) is 18.2 Å². The molecule has 0 saturated heterocycles. The Labute approximate surface area is 119 Å².